The number of aryl methyl sites for hydroxylation is 1. The molecule has 90 valence electrons. The third-order valence-electron chi connectivity index (χ3n) is 2.38. The van der Waals surface area contributed by atoms with Crippen LogP contribution in [0.3, 0.4) is 0 Å². The molecule has 1 aromatic rings. The van der Waals surface area contributed by atoms with Crippen LogP contribution in [0.4, 0.5) is 0 Å². The van der Waals surface area contributed by atoms with Gasteiger partial charge < -0.3 is 15.3 Å². The molecular formula is C12H19NO3. The zero-order valence-electron chi connectivity index (χ0n) is 9.48. The maximum absolute atomic E-state index is 9.60. The number of aromatic hydroxyl groups is 1. The quantitative estimate of drug-likeness (QED) is 0.539. The molecule has 0 amide bonds. The molecule has 1 aromatic carbocycles. The van der Waals surface area contributed by atoms with E-state index in [1.165, 1.54) is 0 Å². The minimum Gasteiger partial charge on any atom is -0.508 e. The van der Waals surface area contributed by atoms with Crippen LogP contribution in [0.25, 0.3) is 0 Å². The first-order chi connectivity index (χ1) is 7.67. The van der Waals surface area contributed by atoms with Gasteiger partial charge in [-0.3, -0.25) is 5.32 Å². The van der Waals surface area contributed by atoms with Crippen molar-refractivity contribution in [2.45, 2.75) is 32.5 Å². The van der Waals surface area contributed by atoms with E-state index in [0.29, 0.717) is 6.54 Å². The van der Waals surface area contributed by atoms with Crippen LogP contribution in [0.1, 0.15) is 24.5 Å². The fourth-order valence-electron chi connectivity index (χ4n) is 1.52. The van der Waals surface area contributed by atoms with Crippen LogP contribution in [-0.2, 0) is 13.0 Å². The Morgan fingerprint density at radius 1 is 1.38 bits per heavy atom. The van der Waals surface area contributed by atoms with Gasteiger partial charge in [-0.1, -0.05) is 25.5 Å². The molecule has 1 rings (SSSR count). The lowest BCUT2D eigenvalue weighted by atomic mass is 10.1. The van der Waals surface area contributed by atoms with Crippen molar-refractivity contribution in [2.75, 3.05) is 6.61 Å². The molecule has 0 radical (unpaired) electrons. The van der Waals surface area contributed by atoms with E-state index in [9.17, 15) is 5.11 Å². The summed E-state index contributed by atoms with van der Waals surface area (Å²) in [5.41, 5.74) is 1.90. The third-order valence-corrected chi connectivity index (χ3v) is 2.38. The molecule has 0 aliphatic carbocycles. The van der Waals surface area contributed by atoms with Gasteiger partial charge in [-0.2, -0.15) is 0 Å². The number of phenolic OH excluding ortho intramolecular Hbond substituents is 1. The van der Waals surface area contributed by atoms with Crippen LogP contribution in [0, 0.1) is 0 Å². The lowest BCUT2D eigenvalue weighted by Crippen LogP contribution is -2.31. The number of nitrogens with one attached hydrogen (secondary N) is 1. The molecule has 0 saturated carbocycles. The van der Waals surface area contributed by atoms with Crippen LogP contribution < -0.4 is 5.32 Å². The van der Waals surface area contributed by atoms with Gasteiger partial charge in [0.2, 0.25) is 0 Å². The number of aliphatic hydroxyl groups is 2. The summed E-state index contributed by atoms with van der Waals surface area (Å²) in [5, 5.41) is 30.1. The van der Waals surface area contributed by atoms with E-state index in [0.717, 1.165) is 24.0 Å². The first kappa shape index (κ1) is 13.0. The van der Waals surface area contributed by atoms with Gasteiger partial charge in [-0.15, -0.1) is 0 Å². The molecular weight excluding hydrogens is 206 g/mol. The second kappa shape index (κ2) is 6.48. The van der Waals surface area contributed by atoms with E-state index < -0.39 is 6.23 Å². The summed E-state index contributed by atoms with van der Waals surface area (Å²) < 4.78 is 0. The highest BCUT2D eigenvalue weighted by Gasteiger charge is 2.05. The average Bonchev–Trinajstić information content (AvgIpc) is 2.29. The molecule has 16 heavy (non-hydrogen) atoms. The number of aliphatic hydroxyl groups excluding tert-OH is 2. The van der Waals surface area contributed by atoms with Gasteiger partial charge >= 0.3 is 0 Å². The highest BCUT2D eigenvalue weighted by atomic mass is 16.3. The van der Waals surface area contributed by atoms with E-state index in [-0.39, 0.29) is 12.4 Å². The van der Waals surface area contributed by atoms with Crippen molar-refractivity contribution in [3.05, 3.63) is 29.3 Å². The molecule has 0 aliphatic heterocycles. The topological polar surface area (TPSA) is 72.7 Å². The second-order valence-corrected chi connectivity index (χ2v) is 3.79. The Kier molecular flexibility index (Phi) is 5.25. The fraction of sp³-hybridized carbons (Fsp3) is 0.500. The van der Waals surface area contributed by atoms with E-state index in [4.69, 9.17) is 10.2 Å². The minimum absolute atomic E-state index is 0.206. The van der Waals surface area contributed by atoms with Crippen LogP contribution in [0.15, 0.2) is 18.2 Å². The number of rotatable bonds is 6. The maximum Gasteiger partial charge on any atom is 0.128 e. The molecule has 0 heterocycles. The van der Waals surface area contributed by atoms with E-state index in [2.05, 4.69) is 12.2 Å². The van der Waals surface area contributed by atoms with E-state index in [1.54, 1.807) is 6.07 Å². The molecule has 1 unspecified atom stereocenters. The summed E-state index contributed by atoms with van der Waals surface area (Å²) in [7, 11) is 0. The Bertz CT molecular complexity index is 328. The predicted octanol–water partition coefficient (Wildman–Crippen LogP) is 0.745. The molecule has 4 heteroatoms. The predicted molar refractivity (Wildman–Crippen MR) is 62.0 cm³/mol. The third kappa shape index (κ3) is 3.81. The molecule has 0 spiro atoms. The lowest BCUT2D eigenvalue weighted by Gasteiger charge is -2.12. The molecule has 4 nitrogen and oxygen atoms in total. The lowest BCUT2D eigenvalue weighted by molar-refractivity contribution is 0.0664. The molecule has 0 bridgehead atoms. The number of benzene rings is 1. The summed E-state index contributed by atoms with van der Waals surface area (Å²) in [4.78, 5) is 0. The Morgan fingerprint density at radius 2 is 2.12 bits per heavy atom. The molecule has 0 aliphatic rings. The Labute approximate surface area is 95.6 Å². The largest absolute Gasteiger partial charge is 0.508 e. The van der Waals surface area contributed by atoms with Gasteiger partial charge in [0.25, 0.3) is 0 Å². The SMILES string of the molecule is CCCc1ccc(O)c(CNC(O)CO)c1. The van der Waals surface area contributed by atoms with Gasteiger partial charge in [0.1, 0.15) is 12.0 Å². The van der Waals surface area contributed by atoms with Crippen molar-refractivity contribution in [1.29, 1.82) is 0 Å². The van der Waals surface area contributed by atoms with Crippen LogP contribution in [0.2, 0.25) is 0 Å². The van der Waals surface area contributed by atoms with Crippen molar-refractivity contribution in [3.8, 4) is 5.75 Å². The molecule has 1 atom stereocenters. The van der Waals surface area contributed by atoms with Crippen molar-refractivity contribution >= 4 is 0 Å². The fourth-order valence-corrected chi connectivity index (χ4v) is 1.52. The zero-order chi connectivity index (χ0) is 12.0. The van der Waals surface area contributed by atoms with Gasteiger partial charge in [-0.25, -0.2) is 0 Å². The van der Waals surface area contributed by atoms with Gasteiger partial charge in [0, 0.05) is 12.1 Å². The number of hydrogen-bond acceptors (Lipinski definition) is 4. The standard InChI is InChI=1S/C12H19NO3/c1-2-3-9-4-5-11(15)10(6-9)7-13-12(16)8-14/h4-6,12-16H,2-3,7-8H2,1H3. The summed E-state index contributed by atoms with van der Waals surface area (Å²) >= 11 is 0. The van der Waals surface area contributed by atoms with Gasteiger partial charge in [-0.05, 0) is 18.1 Å². The summed E-state index contributed by atoms with van der Waals surface area (Å²) in [5.74, 6) is 0.206. The van der Waals surface area contributed by atoms with Crippen LogP contribution in [0.5, 0.6) is 5.75 Å². The summed E-state index contributed by atoms with van der Waals surface area (Å²) in [6.07, 6.45) is 1.07. The van der Waals surface area contributed by atoms with E-state index in [1.807, 2.05) is 12.1 Å². The van der Waals surface area contributed by atoms with Gasteiger partial charge in [0.05, 0.1) is 6.61 Å². The van der Waals surface area contributed by atoms with Crippen molar-refractivity contribution in [1.82, 2.24) is 5.32 Å². The van der Waals surface area contributed by atoms with Crippen LogP contribution >= 0.6 is 0 Å². The Morgan fingerprint density at radius 3 is 2.75 bits per heavy atom. The summed E-state index contributed by atoms with van der Waals surface area (Å²) in [6, 6.07) is 5.47. The van der Waals surface area contributed by atoms with Crippen molar-refractivity contribution in [3.63, 3.8) is 0 Å². The van der Waals surface area contributed by atoms with Crippen molar-refractivity contribution in [2.24, 2.45) is 0 Å². The summed E-state index contributed by atoms with van der Waals surface area (Å²) in [6.45, 7) is 2.10. The zero-order valence-corrected chi connectivity index (χ0v) is 9.48. The average molecular weight is 225 g/mol. The first-order valence-corrected chi connectivity index (χ1v) is 5.50. The van der Waals surface area contributed by atoms with Crippen LogP contribution in [-0.4, -0.2) is 28.2 Å². The van der Waals surface area contributed by atoms with E-state index >= 15 is 0 Å². The smallest absolute Gasteiger partial charge is 0.128 e. The van der Waals surface area contributed by atoms with Crippen molar-refractivity contribution < 1.29 is 15.3 Å². The van der Waals surface area contributed by atoms with Gasteiger partial charge in [0.15, 0.2) is 0 Å². The molecule has 0 aromatic heterocycles. The molecule has 0 fully saturated rings. The number of phenols is 1. The highest BCUT2D eigenvalue weighted by Crippen LogP contribution is 2.19. The monoisotopic (exact) mass is 225 g/mol. The minimum atomic E-state index is -0.950. The molecule has 0 saturated heterocycles. The molecule has 4 N–H and O–H groups in total. The Hall–Kier alpha value is -1.10. The Balaban J connectivity index is 2.66. The highest BCUT2D eigenvalue weighted by molar-refractivity contribution is 5.36. The maximum atomic E-state index is 9.60. The normalized spacial score (nSPS) is 12.7. The number of hydrogen-bond donors (Lipinski definition) is 4. The second-order valence-electron chi connectivity index (χ2n) is 3.79. The first-order valence-electron chi connectivity index (χ1n) is 5.50.